The van der Waals surface area contributed by atoms with E-state index in [-0.39, 0.29) is 24.1 Å². The van der Waals surface area contributed by atoms with Crippen LogP contribution in [0.5, 0.6) is 5.88 Å². The first-order chi connectivity index (χ1) is 16.3. The standard InChI is InChI=1S/C19H22FN4O3P.C2HF3O2/c1-3-7-23-15(4-2)19(26,28)24-17(23)9-16(22-18(24)25)27-11-12-5-6-14(20)13(8-12)10-21;3-2(4,5)1(6)7/h5-6,8-9,15,26H,3-4,7,11,28H2,1-2H3;(H,6,7). The fourth-order valence-corrected chi connectivity index (χ4v) is 4.21. The quantitative estimate of drug-likeness (QED) is 0.441. The molecule has 0 amide bonds. The van der Waals surface area contributed by atoms with Crippen LogP contribution in [0.15, 0.2) is 29.1 Å². The topological polar surface area (TPSA) is 129 Å². The maximum atomic E-state index is 13.4. The molecular weight excluding hydrogens is 495 g/mol. The molecule has 1 aromatic heterocycles. The highest BCUT2D eigenvalue weighted by atomic mass is 31.0. The van der Waals surface area contributed by atoms with Gasteiger partial charge in [-0.05, 0) is 30.5 Å². The minimum Gasteiger partial charge on any atom is -0.475 e. The molecule has 0 bridgehead atoms. The number of carbonyl (C=O) groups is 1. The van der Waals surface area contributed by atoms with Crippen LogP contribution in [0, 0.1) is 17.1 Å². The van der Waals surface area contributed by atoms with Gasteiger partial charge in [0.15, 0.2) is 5.47 Å². The van der Waals surface area contributed by atoms with Gasteiger partial charge < -0.3 is 19.8 Å². The molecule has 3 unspecified atom stereocenters. The average Bonchev–Trinajstić information content (AvgIpc) is 2.99. The Bertz CT molecular complexity index is 1180. The lowest BCUT2D eigenvalue weighted by molar-refractivity contribution is -0.192. The highest BCUT2D eigenvalue weighted by molar-refractivity contribution is 7.17. The highest BCUT2D eigenvalue weighted by Gasteiger charge is 2.46. The molecule has 0 aliphatic carbocycles. The predicted molar refractivity (Wildman–Crippen MR) is 119 cm³/mol. The number of carboxylic acid groups (broad SMARTS) is 1. The molecule has 9 nitrogen and oxygen atoms in total. The Morgan fingerprint density at radius 2 is 1.97 bits per heavy atom. The van der Waals surface area contributed by atoms with Gasteiger partial charge in [0.05, 0.1) is 11.6 Å². The number of anilines is 1. The number of hydrogen-bond donors (Lipinski definition) is 2. The van der Waals surface area contributed by atoms with E-state index in [0.717, 1.165) is 6.42 Å². The third-order valence-corrected chi connectivity index (χ3v) is 5.67. The van der Waals surface area contributed by atoms with Gasteiger partial charge in [-0.3, -0.25) is 0 Å². The zero-order valence-corrected chi connectivity index (χ0v) is 19.9. The number of halogens is 4. The third-order valence-electron chi connectivity index (χ3n) is 5.03. The van der Waals surface area contributed by atoms with Crippen molar-refractivity contribution in [3.05, 3.63) is 51.7 Å². The first-order valence-electron chi connectivity index (χ1n) is 10.3. The first kappa shape index (κ1) is 28.0. The molecule has 1 aliphatic heterocycles. The lowest BCUT2D eigenvalue weighted by Gasteiger charge is -2.30. The zero-order chi connectivity index (χ0) is 26.6. The number of aromatic nitrogens is 2. The fourth-order valence-electron chi connectivity index (χ4n) is 3.55. The summed E-state index contributed by atoms with van der Waals surface area (Å²) in [5.74, 6) is -2.70. The molecule has 0 radical (unpaired) electrons. The van der Waals surface area contributed by atoms with Crippen molar-refractivity contribution >= 4 is 21.0 Å². The fraction of sp³-hybridized carbons (Fsp3) is 0.429. The van der Waals surface area contributed by atoms with Gasteiger partial charge >= 0.3 is 17.8 Å². The van der Waals surface area contributed by atoms with Gasteiger partial charge in [0.1, 0.15) is 24.3 Å². The molecule has 0 fully saturated rings. The van der Waals surface area contributed by atoms with Gasteiger partial charge in [-0.1, -0.05) is 29.2 Å². The largest absolute Gasteiger partial charge is 0.490 e. The van der Waals surface area contributed by atoms with Crippen LogP contribution in [-0.4, -0.2) is 44.5 Å². The zero-order valence-electron chi connectivity index (χ0n) is 18.7. The van der Waals surface area contributed by atoms with Crippen LogP contribution in [0.25, 0.3) is 0 Å². The number of fused-ring (bicyclic) bond motifs is 1. The molecule has 3 atom stereocenters. The molecule has 1 aliphatic rings. The van der Waals surface area contributed by atoms with Gasteiger partial charge in [0, 0.05) is 12.6 Å². The van der Waals surface area contributed by atoms with E-state index in [1.165, 1.54) is 22.8 Å². The van der Waals surface area contributed by atoms with Crippen LogP contribution < -0.4 is 15.3 Å². The minimum atomic E-state index is -5.08. The van der Waals surface area contributed by atoms with Gasteiger partial charge in [-0.2, -0.15) is 23.4 Å². The minimum absolute atomic E-state index is 0.0288. The van der Waals surface area contributed by atoms with E-state index in [4.69, 9.17) is 19.9 Å². The molecule has 35 heavy (non-hydrogen) atoms. The van der Waals surface area contributed by atoms with E-state index in [0.29, 0.717) is 24.3 Å². The van der Waals surface area contributed by atoms with Crippen molar-refractivity contribution in [3.8, 4) is 11.9 Å². The first-order valence-corrected chi connectivity index (χ1v) is 10.9. The molecule has 14 heteroatoms. The van der Waals surface area contributed by atoms with E-state index in [1.807, 2.05) is 18.7 Å². The summed E-state index contributed by atoms with van der Waals surface area (Å²) in [5, 5.41) is 27.0. The molecule has 2 heterocycles. The Hall–Kier alpha value is -3.23. The van der Waals surface area contributed by atoms with Crippen LogP contribution in [-0.2, 0) is 16.9 Å². The lowest BCUT2D eigenvalue weighted by atomic mass is 10.1. The Morgan fingerprint density at radius 3 is 2.49 bits per heavy atom. The number of benzene rings is 1. The number of aliphatic carboxylic acids is 1. The van der Waals surface area contributed by atoms with E-state index in [9.17, 15) is 27.5 Å². The number of carboxylic acids is 1. The molecular formula is C21H23F4N4O5P. The summed E-state index contributed by atoms with van der Waals surface area (Å²) in [4.78, 5) is 27.4. The van der Waals surface area contributed by atoms with Gasteiger partial charge in [0.25, 0.3) is 0 Å². The second kappa shape index (κ2) is 11.0. The maximum Gasteiger partial charge on any atom is 0.490 e. The SMILES string of the molecule is CCCN1c2cc(OCc3ccc(F)c(C#N)c3)nc(=O)n2C(O)(P)C1CC.O=C(O)C(F)(F)F. The van der Waals surface area contributed by atoms with Crippen molar-refractivity contribution < 1.29 is 37.3 Å². The molecule has 190 valence electrons. The summed E-state index contributed by atoms with van der Waals surface area (Å²) in [5.41, 5.74) is -1.55. The van der Waals surface area contributed by atoms with Gasteiger partial charge in [-0.15, -0.1) is 0 Å². The molecule has 0 saturated heterocycles. The molecule has 2 aromatic rings. The van der Waals surface area contributed by atoms with Crippen molar-refractivity contribution in [2.75, 3.05) is 11.4 Å². The number of hydrogen-bond acceptors (Lipinski definition) is 7. The van der Waals surface area contributed by atoms with Crippen LogP contribution in [0.3, 0.4) is 0 Å². The Morgan fingerprint density at radius 1 is 1.34 bits per heavy atom. The summed E-state index contributed by atoms with van der Waals surface area (Å²) in [6.45, 7) is 4.67. The van der Waals surface area contributed by atoms with Crippen LogP contribution in [0.4, 0.5) is 23.4 Å². The van der Waals surface area contributed by atoms with Crippen LogP contribution in [0.1, 0.15) is 37.8 Å². The number of nitrogens with zero attached hydrogens (tertiary/aromatic N) is 4. The van der Waals surface area contributed by atoms with Crippen LogP contribution >= 0.6 is 9.24 Å². The van der Waals surface area contributed by atoms with Crippen molar-refractivity contribution in [1.29, 1.82) is 5.26 Å². The average molecular weight is 518 g/mol. The predicted octanol–water partition coefficient (Wildman–Crippen LogP) is 2.95. The van der Waals surface area contributed by atoms with Crippen molar-refractivity contribution in [3.63, 3.8) is 0 Å². The summed E-state index contributed by atoms with van der Waals surface area (Å²) < 4.78 is 52.1. The van der Waals surface area contributed by atoms with E-state index >= 15 is 0 Å². The summed E-state index contributed by atoms with van der Waals surface area (Å²) in [6, 6.07) is 7.23. The van der Waals surface area contributed by atoms with Crippen molar-refractivity contribution in [1.82, 2.24) is 9.55 Å². The number of alkyl halides is 3. The normalized spacial score (nSPS) is 18.8. The summed E-state index contributed by atoms with van der Waals surface area (Å²) >= 11 is 0. The maximum absolute atomic E-state index is 13.4. The number of ether oxygens (including phenoxy) is 1. The highest BCUT2D eigenvalue weighted by Crippen LogP contribution is 2.42. The van der Waals surface area contributed by atoms with Crippen LogP contribution in [0.2, 0.25) is 0 Å². The molecule has 0 spiro atoms. The summed E-state index contributed by atoms with van der Waals surface area (Å²) in [7, 11) is 2.36. The Kier molecular flexibility index (Phi) is 8.81. The van der Waals surface area contributed by atoms with E-state index in [1.54, 1.807) is 12.1 Å². The second-order valence-corrected chi connectivity index (χ2v) is 8.34. The van der Waals surface area contributed by atoms with Gasteiger partial charge in [0.2, 0.25) is 5.88 Å². The second-order valence-electron chi connectivity index (χ2n) is 7.49. The molecule has 0 saturated carbocycles. The van der Waals surface area contributed by atoms with Gasteiger partial charge in [-0.25, -0.2) is 18.5 Å². The lowest BCUT2D eigenvalue weighted by Crippen LogP contribution is -2.45. The Balaban J connectivity index is 0.000000540. The Labute approximate surface area is 199 Å². The monoisotopic (exact) mass is 518 g/mol. The van der Waals surface area contributed by atoms with E-state index in [2.05, 4.69) is 14.2 Å². The number of aliphatic hydroxyl groups is 1. The van der Waals surface area contributed by atoms with Crippen molar-refractivity contribution in [2.24, 2.45) is 0 Å². The molecule has 3 rings (SSSR count). The smallest absolute Gasteiger partial charge is 0.475 e. The molecule has 1 aromatic carbocycles. The third kappa shape index (κ3) is 6.26. The summed E-state index contributed by atoms with van der Waals surface area (Å²) in [6.07, 6.45) is -3.60. The number of rotatable bonds is 6. The molecule has 2 N–H and O–H groups in total. The van der Waals surface area contributed by atoms with Crippen molar-refractivity contribution in [2.45, 2.75) is 51.0 Å². The van der Waals surface area contributed by atoms with E-state index < -0.39 is 29.1 Å². The number of nitriles is 1.